The molecular formula is C14H14BrFN2O2. The van der Waals surface area contributed by atoms with Gasteiger partial charge < -0.3 is 14.6 Å². The van der Waals surface area contributed by atoms with Crippen LogP contribution in [0.25, 0.3) is 0 Å². The van der Waals surface area contributed by atoms with Crippen LogP contribution in [-0.2, 0) is 6.54 Å². The van der Waals surface area contributed by atoms with Crippen molar-refractivity contribution in [2.75, 3.05) is 14.2 Å². The molecule has 4 nitrogen and oxygen atoms in total. The number of carbonyl (C=O) groups excluding carboxylic acids is 1. The van der Waals surface area contributed by atoms with Gasteiger partial charge in [-0.25, -0.2) is 4.39 Å². The number of amides is 1. The molecule has 0 aliphatic carbocycles. The van der Waals surface area contributed by atoms with Crippen LogP contribution in [0.4, 0.5) is 4.39 Å². The van der Waals surface area contributed by atoms with Crippen molar-refractivity contribution in [1.82, 2.24) is 9.88 Å². The number of hydrogen-bond acceptors (Lipinski definition) is 2. The predicted octanol–water partition coefficient (Wildman–Crippen LogP) is 3.20. The van der Waals surface area contributed by atoms with E-state index >= 15 is 0 Å². The number of aromatic amines is 1. The van der Waals surface area contributed by atoms with Crippen molar-refractivity contribution in [2.45, 2.75) is 6.54 Å². The van der Waals surface area contributed by atoms with Gasteiger partial charge in [-0.15, -0.1) is 0 Å². The first-order valence-electron chi connectivity index (χ1n) is 5.93. The molecular weight excluding hydrogens is 327 g/mol. The van der Waals surface area contributed by atoms with Gasteiger partial charge in [0, 0.05) is 24.3 Å². The van der Waals surface area contributed by atoms with Crippen LogP contribution in [0.5, 0.6) is 5.75 Å². The number of aromatic nitrogens is 1. The average Bonchev–Trinajstić information content (AvgIpc) is 2.84. The molecule has 0 fully saturated rings. The number of nitrogens with one attached hydrogen (secondary N) is 1. The lowest BCUT2D eigenvalue weighted by atomic mass is 10.2. The van der Waals surface area contributed by atoms with Gasteiger partial charge in [0.1, 0.15) is 5.69 Å². The van der Waals surface area contributed by atoms with Crippen LogP contribution >= 0.6 is 15.9 Å². The van der Waals surface area contributed by atoms with Gasteiger partial charge in [0.25, 0.3) is 5.91 Å². The molecule has 0 saturated carbocycles. The second-order valence-electron chi connectivity index (χ2n) is 4.36. The molecule has 20 heavy (non-hydrogen) atoms. The number of rotatable bonds is 4. The highest BCUT2D eigenvalue weighted by molar-refractivity contribution is 9.10. The Labute approximate surface area is 124 Å². The Kier molecular flexibility index (Phi) is 4.44. The summed E-state index contributed by atoms with van der Waals surface area (Å²) in [6, 6.07) is 6.35. The van der Waals surface area contributed by atoms with Crippen molar-refractivity contribution in [1.29, 1.82) is 0 Å². The Balaban J connectivity index is 2.09. The number of carbonyl (C=O) groups is 1. The van der Waals surface area contributed by atoms with E-state index in [1.165, 1.54) is 18.1 Å². The Morgan fingerprint density at radius 2 is 2.20 bits per heavy atom. The smallest absolute Gasteiger partial charge is 0.270 e. The van der Waals surface area contributed by atoms with Crippen molar-refractivity contribution in [3.8, 4) is 5.75 Å². The zero-order chi connectivity index (χ0) is 14.7. The normalized spacial score (nSPS) is 10.4. The minimum absolute atomic E-state index is 0.160. The molecule has 2 aromatic rings. The maximum absolute atomic E-state index is 13.6. The molecule has 1 heterocycles. The lowest BCUT2D eigenvalue weighted by Gasteiger charge is -2.16. The molecule has 1 N–H and O–H groups in total. The molecule has 2 rings (SSSR count). The summed E-state index contributed by atoms with van der Waals surface area (Å²) in [5, 5.41) is 0. The van der Waals surface area contributed by atoms with E-state index in [-0.39, 0.29) is 11.7 Å². The summed E-state index contributed by atoms with van der Waals surface area (Å²) in [7, 11) is 3.08. The van der Waals surface area contributed by atoms with Crippen LogP contribution in [0.2, 0.25) is 0 Å². The summed E-state index contributed by atoms with van der Waals surface area (Å²) in [5.41, 5.74) is 1.18. The molecule has 0 aliphatic heterocycles. The van der Waals surface area contributed by atoms with Crippen LogP contribution in [0.1, 0.15) is 16.1 Å². The van der Waals surface area contributed by atoms with Gasteiger partial charge in [-0.2, -0.15) is 0 Å². The minimum atomic E-state index is -0.437. The highest BCUT2D eigenvalue weighted by Crippen LogP contribution is 2.19. The average molecular weight is 341 g/mol. The van der Waals surface area contributed by atoms with Crippen molar-refractivity contribution in [3.05, 3.63) is 52.0 Å². The van der Waals surface area contributed by atoms with Gasteiger partial charge in [0.15, 0.2) is 11.6 Å². The van der Waals surface area contributed by atoms with Crippen LogP contribution in [0.15, 0.2) is 34.9 Å². The fourth-order valence-corrected chi connectivity index (χ4v) is 2.19. The molecule has 0 spiro atoms. The molecule has 0 radical (unpaired) electrons. The molecule has 6 heteroatoms. The number of nitrogens with zero attached hydrogens (tertiary/aromatic N) is 1. The summed E-state index contributed by atoms with van der Waals surface area (Å²) in [6.07, 6.45) is 1.69. The molecule has 0 saturated heterocycles. The maximum atomic E-state index is 13.6. The van der Waals surface area contributed by atoms with Crippen molar-refractivity contribution in [3.63, 3.8) is 0 Å². The third kappa shape index (κ3) is 3.19. The highest BCUT2D eigenvalue weighted by Gasteiger charge is 2.14. The number of H-pyrrole nitrogens is 1. The van der Waals surface area contributed by atoms with Crippen molar-refractivity contribution < 1.29 is 13.9 Å². The first kappa shape index (κ1) is 14.6. The van der Waals surface area contributed by atoms with E-state index in [9.17, 15) is 9.18 Å². The number of ether oxygens (including phenoxy) is 1. The zero-order valence-electron chi connectivity index (χ0n) is 11.1. The van der Waals surface area contributed by atoms with Gasteiger partial charge in [0.2, 0.25) is 0 Å². The lowest BCUT2D eigenvalue weighted by molar-refractivity contribution is 0.0780. The molecule has 0 bridgehead atoms. The summed E-state index contributed by atoms with van der Waals surface area (Å²) in [4.78, 5) is 16.5. The quantitative estimate of drug-likeness (QED) is 0.928. The summed E-state index contributed by atoms with van der Waals surface area (Å²) in [5.74, 6) is -0.406. The van der Waals surface area contributed by atoms with Gasteiger partial charge in [-0.3, -0.25) is 4.79 Å². The van der Waals surface area contributed by atoms with E-state index in [1.54, 1.807) is 31.4 Å². The number of hydrogen-bond donors (Lipinski definition) is 1. The monoisotopic (exact) mass is 340 g/mol. The second-order valence-corrected chi connectivity index (χ2v) is 5.28. The highest BCUT2D eigenvalue weighted by atomic mass is 79.9. The number of methoxy groups -OCH3 is 1. The fourth-order valence-electron chi connectivity index (χ4n) is 1.85. The maximum Gasteiger partial charge on any atom is 0.270 e. The SMILES string of the molecule is COc1ccc(CN(C)C(=O)c2cc(Br)c[nH]2)cc1F. The molecule has 0 atom stereocenters. The van der Waals surface area contributed by atoms with Crippen LogP contribution < -0.4 is 4.74 Å². The Bertz CT molecular complexity index is 627. The zero-order valence-corrected chi connectivity index (χ0v) is 12.7. The Morgan fingerprint density at radius 1 is 1.45 bits per heavy atom. The minimum Gasteiger partial charge on any atom is -0.494 e. The summed E-state index contributed by atoms with van der Waals surface area (Å²) >= 11 is 3.28. The third-order valence-electron chi connectivity index (χ3n) is 2.86. The first-order valence-corrected chi connectivity index (χ1v) is 6.72. The Morgan fingerprint density at radius 3 is 2.75 bits per heavy atom. The molecule has 0 unspecified atom stereocenters. The molecule has 1 aromatic heterocycles. The Hall–Kier alpha value is -1.82. The first-order chi connectivity index (χ1) is 9.51. The van der Waals surface area contributed by atoms with E-state index in [1.807, 2.05) is 0 Å². The van der Waals surface area contributed by atoms with Gasteiger partial charge in [-0.05, 0) is 39.7 Å². The van der Waals surface area contributed by atoms with E-state index in [2.05, 4.69) is 20.9 Å². The van der Waals surface area contributed by atoms with Gasteiger partial charge in [0.05, 0.1) is 7.11 Å². The molecule has 0 aliphatic rings. The van der Waals surface area contributed by atoms with E-state index in [0.29, 0.717) is 17.8 Å². The van der Waals surface area contributed by atoms with Gasteiger partial charge in [-0.1, -0.05) is 6.07 Å². The van der Waals surface area contributed by atoms with Crippen LogP contribution in [0.3, 0.4) is 0 Å². The van der Waals surface area contributed by atoms with Gasteiger partial charge >= 0.3 is 0 Å². The topological polar surface area (TPSA) is 45.3 Å². The van der Waals surface area contributed by atoms with Crippen molar-refractivity contribution in [2.24, 2.45) is 0 Å². The van der Waals surface area contributed by atoms with E-state index in [0.717, 1.165) is 4.47 Å². The molecule has 1 aromatic carbocycles. The fraction of sp³-hybridized carbons (Fsp3) is 0.214. The number of benzene rings is 1. The second kappa shape index (κ2) is 6.09. The predicted molar refractivity (Wildman–Crippen MR) is 77.2 cm³/mol. The van der Waals surface area contributed by atoms with Crippen LogP contribution in [-0.4, -0.2) is 29.9 Å². The number of halogens is 2. The lowest BCUT2D eigenvalue weighted by Crippen LogP contribution is -2.26. The molecule has 1 amide bonds. The van der Waals surface area contributed by atoms with Crippen molar-refractivity contribution >= 4 is 21.8 Å². The summed E-state index contributed by atoms with van der Waals surface area (Å²) in [6.45, 7) is 0.316. The van der Waals surface area contributed by atoms with E-state index in [4.69, 9.17) is 4.74 Å². The van der Waals surface area contributed by atoms with E-state index < -0.39 is 5.82 Å². The standard InChI is InChI=1S/C14H14BrFN2O2/c1-18(14(19)12-6-10(15)7-17-12)8-9-3-4-13(20-2)11(16)5-9/h3-7,17H,8H2,1-2H3. The van der Waals surface area contributed by atoms with Crippen LogP contribution in [0, 0.1) is 5.82 Å². The largest absolute Gasteiger partial charge is 0.494 e. The molecule has 106 valence electrons. The summed E-state index contributed by atoms with van der Waals surface area (Å²) < 4.78 is 19.3. The third-order valence-corrected chi connectivity index (χ3v) is 3.32.